The number of nitrogens with zero attached hydrogens (tertiary/aromatic N) is 5. The molecule has 0 saturated carbocycles. The molecule has 2 aromatic heterocycles. The molecule has 0 unspecified atom stereocenters. The molecule has 26 heavy (non-hydrogen) atoms. The van der Waals surface area contributed by atoms with Crippen molar-refractivity contribution in [1.29, 1.82) is 0 Å². The van der Waals surface area contributed by atoms with Crippen molar-refractivity contribution in [3.8, 4) is 0 Å². The first-order valence-electron chi connectivity index (χ1n) is 7.95. The zero-order valence-electron chi connectivity index (χ0n) is 13.5. The highest BCUT2D eigenvalue weighted by Gasteiger charge is 2.31. The Balaban J connectivity index is 1.53. The summed E-state index contributed by atoms with van der Waals surface area (Å²) in [6.07, 6.45) is 1.64. The van der Waals surface area contributed by atoms with E-state index in [1.54, 1.807) is 40.7 Å². The second kappa shape index (κ2) is 6.58. The highest BCUT2D eigenvalue weighted by Crippen LogP contribution is 2.31. The first kappa shape index (κ1) is 16.8. The van der Waals surface area contributed by atoms with E-state index >= 15 is 0 Å². The van der Waals surface area contributed by atoms with Crippen molar-refractivity contribution in [2.24, 2.45) is 0 Å². The topological polar surface area (TPSA) is 84.0 Å². The lowest BCUT2D eigenvalue weighted by molar-refractivity contribution is -0.389. The molecule has 1 aliphatic rings. The number of imidazole rings is 1. The summed E-state index contributed by atoms with van der Waals surface area (Å²) in [4.78, 5) is 32.2. The molecule has 0 atom stereocenters. The number of thiazole rings is 1. The van der Waals surface area contributed by atoms with E-state index in [0.717, 1.165) is 0 Å². The quantitative estimate of drug-likeness (QED) is 0.506. The maximum atomic E-state index is 12.6. The monoisotopic (exact) mass is 391 g/mol. The van der Waals surface area contributed by atoms with Gasteiger partial charge in [-0.05, 0) is 17.1 Å². The smallest absolute Gasteiger partial charge is 0.358 e. The average Bonchev–Trinajstić information content (AvgIpc) is 3.22. The van der Waals surface area contributed by atoms with E-state index < -0.39 is 4.92 Å². The van der Waals surface area contributed by atoms with E-state index in [-0.39, 0.29) is 11.7 Å². The number of aromatic nitrogens is 2. The predicted octanol–water partition coefficient (Wildman–Crippen LogP) is 2.92. The van der Waals surface area contributed by atoms with Gasteiger partial charge in [-0.3, -0.25) is 4.79 Å². The number of nitro groups is 1. The van der Waals surface area contributed by atoms with Crippen LogP contribution in [0.2, 0.25) is 5.02 Å². The van der Waals surface area contributed by atoms with Crippen LogP contribution in [0.4, 0.5) is 11.6 Å². The van der Waals surface area contributed by atoms with E-state index in [0.29, 0.717) is 47.5 Å². The van der Waals surface area contributed by atoms with Crippen LogP contribution in [0.1, 0.15) is 10.4 Å². The number of carbonyl (C=O) groups excluding carboxylic acids is 1. The lowest BCUT2D eigenvalue weighted by Crippen LogP contribution is -2.49. The fraction of sp³-hybridized carbons (Fsp3) is 0.250. The predicted molar refractivity (Wildman–Crippen MR) is 99.3 cm³/mol. The summed E-state index contributed by atoms with van der Waals surface area (Å²) in [6.45, 7) is 1.85. The molecule has 4 rings (SSSR count). The van der Waals surface area contributed by atoms with E-state index in [4.69, 9.17) is 11.6 Å². The Morgan fingerprint density at radius 3 is 2.65 bits per heavy atom. The Kier molecular flexibility index (Phi) is 4.25. The van der Waals surface area contributed by atoms with Gasteiger partial charge in [0.2, 0.25) is 5.82 Å². The largest absolute Gasteiger partial charge is 0.373 e. The second-order valence-electron chi connectivity index (χ2n) is 5.83. The lowest BCUT2D eigenvalue weighted by Gasteiger charge is -2.34. The molecular weight excluding hydrogens is 378 g/mol. The summed E-state index contributed by atoms with van der Waals surface area (Å²) in [5.41, 5.74) is 0.469. The van der Waals surface area contributed by atoms with Crippen molar-refractivity contribution < 1.29 is 9.72 Å². The van der Waals surface area contributed by atoms with Crippen molar-refractivity contribution in [3.63, 3.8) is 0 Å². The molecule has 8 nitrogen and oxygen atoms in total. The molecule has 0 radical (unpaired) electrons. The summed E-state index contributed by atoms with van der Waals surface area (Å²) in [5.74, 6) is 0.189. The van der Waals surface area contributed by atoms with Crippen LogP contribution in [0.25, 0.3) is 4.96 Å². The summed E-state index contributed by atoms with van der Waals surface area (Å²) >= 11 is 7.46. The molecule has 10 heteroatoms. The van der Waals surface area contributed by atoms with E-state index in [1.807, 2.05) is 4.90 Å². The molecule has 0 N–H and O–H groups in total. The number of hydrogen-bond donors (Lipinski definition) is 0. The summed E-state index contributed by atoms with van der Waals surface area (Å²) in [5, 5.41) is 13.7. The van der Waals surface area contributed by atoms with Crippen molar-refractivity contribution in [2.75, 3.05) is 31.1 Å². The van der Waals surface area contributed by atoms with E-state index in [2.05, 4.69) is 4.98 Å². The van der Waals surface area contributed by atoms with Gasteiger partial charge in [0.1, 0.15) is 6.20 Å². The normalized spacial score (nSPS) is 14.8. The number of fused-ring (bicyclic) bond motifs is 1. The Hall–Kier alpha value is -2.65. The summed E-state index contributed by atoms with van der Waals surface area (Å²) in [6, 6.07) is 6.94. The molecule has 3 heterocycles. The van der Waals surface area contributed by atoms with Gasteiger partial charge >= 0.3 is 5.82 Å². The van der Waals surface area contributed by atoms with Gasteiger partial charge < -0.3 is 19.9 Å². The van der Waals surface area contributed by atoms with Crippen LogP contribution in [0, 0.1) is 10.1 Å². The van der Waals surface area contributed by atoms with Gasteiger partial charge in [0.15, 0.2) is 0 Å². The molecule has 0 aliphatic carbocycles. The molecule has 1 aromatic carbocycles. The minimum atomic E-state index is -0.413. The SMILES string of the molecule is O=C(c1ccccc1Cl)N1CCN(c2nc3sccn3c2[N+](=O)[O-])CC1. The van der Waals surface area contributed by atoms with Gasteiger partial charge in [0.05, 0.1) is 10.6 Å². The highest BCUT2D eigenvalue weighted by atomic mass is 35.5. The molecule has 1 fully saturated rings. The first-order chi connectivity index (χ1) is 12.6. The summed E-state index contributed by atoms with van der Waals surface area (Å²) < 4.78 is 1.49. The van der Waals surface area contributed by atoms with Crippen LogP contribution in [0.15, 0.2) is 35.8 Å². The zero-order valence-corrected chi connectivity index (χ0v) is 15.1. The van der Waals surface area contributed by atoms with Crippen molar-refractivity contribution in [2.45, 2.75) is 0 Å². The molecule has 1 amide bonds. The number of piperazine rings is 1. The van der Waals surface area contributed by atoms with Gasteiger partial charge in [-0.2, -0.15) is 9.38 Å². The molecular formula is C16H14ClN5O3S. The molecule has 134 valence electrons. The van der Waals surface area contributed by atoms with Crippen LogP contribution in [0.5, 0.6) is 0 Å². The zero-order chi connectivity index (χ0) is 18.3. The third kappa shape index (κ3) is 2.78. The van der Waals surface area contributed by atoms with Gasteiger partial charge in [0, 0.05) is 31.6 Å². The first-order valence-corrected chi connectivity index (χ1v) is 9.20. The number of rotatable bonds is 3. The Labute approximate surface area is 157 Å². The summed E-state index contributed by atoms with van der Waals surface area (Å²) in [7, 11) is 0. The Morgan fingerprint density at radius 2 is 1.96 bits per heavy atom. The molecule has 1 aliphatic heterocycles. The average molecular weight is 392 g/mol. The van der Waals surface area contributed by atoms with Gasteiger partial charge in [-0.1, -0.05) is 35.1 Å². The van der Waals surface area contributed by atoms with Gasteiger partial charge in [-0.25, -0.2) is 0 Å². The number of benzene rings is 1. The molecule has 0 spiro atoms. The van der Waals surface area contributed by atoms with E-state index in [9.17, 15) is 14.9 Å². The van der Waals surface area contributed by atoms with Gasteiger partial charge in [0.25, 0.3) is 10.9 Å². The Morgan fingerprint density at radius 1 is 1.23 bits per heavy atom. The third-order valence-corrected chi connectivity index (χ3v) is 5.45. The van der Waals surface area contributed by atoms with Crippen molar-refractivity contribution >= 4 is 45.4 Å². The molecule has 1 saturated heterocycles. The Bertz CT molecular complexity index is 993. The number of anilines is 1. The standard InChI is InChI=1S/C16H14ClN5O3S/c17-12-4-2-1-3-11(12)15(23)20-7-5-19(6-8-20)13-14(22(24)25)21-9-10-26-16(21)18-13/h1-4,9-10H,5-8H2. The fourth-order valence-corrected chi connectivity index (χ4v) is 3.99. The van der Waals surface area contributed by atoms with Crippen molar-refractivity contribution in [3.05, 3.63) is 56.5 Å². The van der Waals surface area contributed by atoms with Crippen LogP contribution >= 0.6 is 22.9 Å². The van der Waals surface area contributed by atoms with Crippen LogP contribution in [0.3, 0.4) is 0 Å². The van der Waals surface area contributed by atoms with Crippen molar-refractivity contribution in [1.82, 2.24) is 14.3 Å². The van der Waals surface area contributed by atoms with Crippen LogP contribution in [-0.2, 0) is 0 Å². The minimum absolute atomic E-state index is 0.0351. The van der Waals surface area contributed by atoms with E-state index in [1.165, 1.54) is 15.7 Å². The van der Waals surface area contributed by atoms with Crippen LogP contribution in [-0.4, -0.2) is 51.3 Å². The van der Waals surface area contributed by atoms with Gasteiger partial charge in [-0.15, -0.1) is 0 Å². The molecule has 3 aromatic rings. The maximum Gasteiger partial charge on any atom is 0.373 e. The second-order valence-corrected chi connectivity index (χ2v) is 7.11. The lowest BCUT2D eigenvalue weighted by atomic mass is 10.2. The fourth-order valence-electron chi connectivity index (χ4n) is 3.07. The number of halogens is 1. The highest BCUT2D eigenvalue weighted by molar-refractivity contribution is 7.15. The number of carbonyl (C=O) groups is 1. The molecule has 0 bridgehead atoms. The maximum absolute atomic E-state index is 12.6. The third-order valence-electron chi connectivity index (χ3n) is 4.36. The minimum Gasteiger partial charge on any atom is -0.358 e. The van der Waals surface area contributed by atoms with Crippen LogP contribution < -0.4 is 4.90 Å². The number of hydrogen-bond acceptors (Lipinski definition) is 6. The number of amides is 1.